The van der Waals surface area contributed by atoms with Crippen LogP contribution in [0.4, 0.5) is 19.0 Å². The summed E-state index contributed by atoms with van der Waals surface area (Å²) in [5.74, 6) is -1.82. The number of anilines is 1. The molecule has 0 amide bonds. The van der Waals surface area contributed by atoms with E-state index in [4.69, 9.17) is 4.74 Å². The zero-order valence-corrected chi connectivity index (χ0v) is 13.1. The van der Waals surface area contributed by atoms with Crippen molar-refractivity contribution in [2.45, 2.75) is 6.54 Å². The van der Waals surface area contributed by atoms with Crippen molar-refractivity contribution < 1.29 is 17.9 Å². The van der Waals surface area contributed by atoms with E-state index >= 15 is 0 Å². The maximum atomic E-state index is 13.7. The van der Waals surface area contributed by atoms with Gasteiger partial charge in [0.1, 0.15) is 17.4 Å². The topological polar surface area (TPSA) is 59.9 Å². The van der Waals surface area contributed by atoms with Gasteiger partial charge in [-0.3, -0.25) is 4.98 Å². The lowest BCUT2D eigenvalue weighted by Gasteiger charge is -2.09. The minimum atomic E-state index is -1.23. The summed E-state index contributed by atoms with van der Waals surface area (Å²) in [4.78, 5) is 12.5. The van der Waals surface area contributed by atoms with Crippen molar-refractivity contribution in [2.24, 2.45) is 0 Å². The fourth-order valence-corrected chi connectivity index (χ4v) is 2.13. The first-order chi connectivity index (χ1) is 12.1. The highest BCUT2D eigenvalue weighted by molar-refractivity contribution is 5.57. The Bertz CT molecular complexity index is 905. The zero-order chi connectivity index (χ0) is 17.8. The zero-order valence-electron chi connectivity index (χ0n) is 13.1. The highest BCUT2D eigenvalue weighted by Gasteiger charge is 2.10. The van der Waals surface area contributed by atoms with Gasteiger partial charge in [-0.15, -0.1) is 0 Å². The Balaban J connectivity index is 1.79. The van der Waals surface area contributed by atoms with Gasteiger partial charge in [0.15, 0.2) is 17.5 Å². The lowest BCUT2D eigenvalue weighted by molar-refractivity contribution is 0.413. The lowest BCUT2D eigenvalue weighted by Crippen LogP contribution is -2.05. The number of hydrogen-bond donors (Lipinski definition) is 1. The smallest absolute Gasteiger partial charge is 0.163 e. The normalized spacial score (nSPS) is 10.6. The fourth-order valence-electron chi connectivity index (χ4n) is 2.13. The maximum Gasteiger partial charge on any atom is 0.163 e. The summed E-state index contributed by atoms with van der Waals surface area (Å²) < 4.78 is 44.9. The van der Waals surface area contributed by atoms with Gasteiger partial charge in [0.2, 0.25) is 0 Å². The fraction of sp³-hybridized carbons (Fsp3) is 0.118. The molecule has 0 atom stereocenters. The van der Waals surface area contributed by atoms with E-state index in [1.807, 2.05) is 0 Å². The van der Waals surface area contributed by atoms with Gasteiger partial charge in [0.25, 0.3) is 0 Å². The van der Waals surface area contributed by atoms with Gasteiger partial charge in [0, 0.05) is 36.1 Å². The van der Waals surface area contributed by atoms with Crippen molar-refractivity contribution in [1.82, 2.24) is 15.0 Å². The molecule has 1 N–H and O–H groups in total. The molecule has 0 fully saturated rings. The molecule has 0 spiro atoms. The van der Waals surface area contributed by atoms with Crippen LogP contribution in [0.1, 0.15) is 5.56 Å². The molecule has 1 aromatic carbocycles. The minimum Gasteiger partial charge on any atom is -0.495 e. The third-order valence-electron chi connectivity index (χ3n) is 3.41. The lowest BCUT2D eigenvalue weighted by atomic mass is 10.2. The quantitative estimate of drug-likeness (QED) is 0.716. The predicted octanol–water partition coefficient (Wildman–Crippen LogP) is 3.58. The van der Waals surface area contributed by atoms with Crippen LogP contribution in [0, 0.1) is 17.5 Å². The number of benzene rings is 1. The molecule has 0 aliphatic rings. The van der Waals surface area contributed by atoms with Gasteiger partial charge in [-0.2, -0.15) is 0 Å². The summed E-state index contributed by atoms with van der Waals surface area (Å²) >= 11 is 0. The number of aromatic nitrogens is 3. The highest BCUT2D eigenvalue weighted by atomic mass is 19.2. The van der Waals surface area contributed by atoms with Crippen molar-refractivity contribution in [3.05, 3.63) is 65.9 Å². The van der Waals surface area contributed by atoms with Crippen molar-refractivity contribution >= 4 is 5.82 Å². The van der Waals surface area contributed by atoms with Crippen LogP contribution in [0.3, 0.4) is 0 Å². The second-order valence-corrected chi connectivity index (χ2v) is 5.09. The van der Waals surface area contributed by atoms with Gasteiger partial charge in [-0.05, 0) is 18.2 Å². The Labute approximate surface area is 141 Å². The van der Waals surface area contributed by atoms with E-state index in [0.717, 1.165) is 6.07 Å². The van der Waals surface area contributed by atoms with Gasteiger partial charge in [0.05, 0.1) is 13.3 Å². The number of nitrogens with zero attached hydrogens (tertiary/aromatic N) is 3. The largest absolute Gasteiger partial charge is 0.495 e. The van der Waals surface area contributed by atoms with Gasteiger partial charge < -0.3 is 10.1 Å². The molecular weight excluding hydrogens is 333 g/mol. The molecule has 0 aliphatic carbocycles. The van der Waals surface area contributed by atoms with Crippen molar-refractivity contribution in [3.63, 3.8) is 0 Å². The molecule has 0 unspecified atom stereocenters. The number of nitrogens with one attached hydrogen (secondary N) is 1. The maximum absolute atomic E-state index is 13.7. The van der Waals surface area contributed by atoms with Crippen molar-refractivity contribution in [3.8, 4) is 17.1 Å². The molecule has 0 bridgehead atoms. The first-order valence-electron chi connectivity index (χ1n) is 7.26. The monoisotopic (exact) mass is 346 g/mol. The standard InChI is InChI=1S/C17H13F3N4O/c1-25-12-4-11(7-21-9-12)17-22-3-2-16(24-17)23-8-10-5-14(19)15(20)6-13(10)18/h2-7,9H,8H2,1H3,(H,22,23,24). The van der Waals surface area contributed by atoms with E-state index in [2.05, 4.69) is 20.3 Å². The van der Waals surface area contributed by atoms with Gasteiger partial charge in [-0.1, -0.05) is 0 Å². The van der Waals surface area contributed by atoms with E-state index in [-0.39, 0.29) is 12.1 Å². The highest BCUT2D eigenvalue weighted by Crippen LogP contribution is 2.20. The Kier molecular flexibility index (Phi) is 4.78. The van der Waals surface area contributed by atoms with Crippen LogP contribution >= 0.6 is 0 Å². The number of pyridine rings is 1. The summed E-state index contributed by atoms with van der Waals surface area (Å²) in [5.41, 5.74) is 0.629. The third-order valence-corrected chi connectivity index (χ3v) is 3.41. The Morgan fingerprint density at radius 1 is 1.04 bits per heavy atom. The third kappa shape index (κ3) is 3.85. The van der Waals surface area contributed by atoms with Gasteiger partial charge in [-0.25, -0.2) is 23.1 Å². The van der Waals surface area contributed by atoms with E-state index in [1.165, 1.54) is 13.3 Å². The molecule has 3 rings (SSSR count). The van der Waals surface area contributed by atoms with E-state index < -0.39 is 17.5 Å². The van der Waals surface area contributed by atoms with Crippen molar-refractivity contribution in [1.29, 1.82) is 0 Å². The Morgan fingerprint density at radius 2 is 1.84 bits per heavy atom. The summed E-state index contributed by atoms with van der Waals surface area (Å²) in [7, 11) is 1.52. The van der Waals surface area contributed by atoms with Crippen LogP contribution in [-0.4, -0.2) is 22.1 Å². The molecule has 3 aromatic rings. The number of methoxy groups -OCH3 is 1. The van der Waals surface area contributed by atoms with Crippen LogP contribution in [0.2, 0.25) is 0 Å². The molecule has 2 heterocycles. The molecule has 0 saturated heterocycles. The van der Waals surface area contributed by atoms with E-state index in [1.54, 1.807) is 24.5 Å². The number of halogens is 3. The summed E-state index contributed by atoms with van der Waals surface area (Å²) in [6.07, 6.45) is 4.65. The molecule has 128 valence electrons. The first kappa shape index (κ1) is 16.7. The second kappa shape index (κ2) is 7.16. The predicted molar refractivity (Wildman–Crippen MR) is 85.5 cm³/mol. The molecule has 8 heteroatoms. The molecule has 5 nitrogen and oxygen atoms in total. The molecule has 2 aromatic heterocycles. The van der Waals surface area contributed by atoms with Crippen LogP contribution < -0.4 is 10.1 Å². The number of hydrogen-bond acceptors (Lipinski definition) is 5. The number of ether oxygens (including phenoxy) is 1. The first-order valence-corrected chi connectivity index (χ1v) is 7.26. The van der Waals surface area contributed by atoms with Crippen LogP contribution in [-0.2, 0) is 6.54 Å². The molecule has 0 saturated carbocycles. The molecule has 0 radical (unpaired) electrons. The molecular formula is C17H13F3N4O. The van der Waals surface area contributed by atoms with E-state index in [0.29, 0.717) is 29.0 Å². The Hall–Kier alpha value is -3.16. The van der Waals surface area contributed by atoms with Crippen molar-refractivity contribution in [2.75, 3.05) is 12.4 Å². The van der Waals surface area contributed by atoms with Crippen LogP contribution in [0.25, 0.3) is 11.4 Å². The number of rotatable bonds is 5. The summed E-state index contributed by atoms with van der Waals surface area (Å²) in [6.45, 7) is -0.0597. The van der Waals surface area contributed by atoms with Crippen LogP contribution in [0.15, 0.2) is 42.9 Å². The molecule has 0 aliphatic heterocycles. The second-order valence-electron chi connectivity index (χ2n) is 5.09. The summed E-state index contributed by atoms with van der Waals surface area (Å²) in [5, 5.41) is 2.86. The average Bonchev–Trinajstić information content (AvgIpc) is 2.64. The van der Waals surface area contributed by atoms with Crippen LogP contribution in [0.5, 0.6) is 5.75 Å². The van der Waals surface area contributed by atoms with E-state index in [9.17, 15) is 13.2 Å². The van der Waals surface area contributed by atoms with Gasteiger partial charge >= 0.3 is 0 Å². The summed E-state index contributed by atoms with van der Waals surface area (Å²) in [6, 6.07) is 4.63. The molecule has 25 heavy (non-hydrogen) atoms. The Morgan fingerprint density at radius 3 is 2.64 bits per heavy atom. The SMILES string of the molecule is COc1cncc(-c2nccc(NCc3cc(F)c(F)cc3F)n2)c1. The minimum absolute atomic E-state index is 0.0119. The average molecular weight is 346 g/mol.